The van der Waals surface area contributed by atoms with Gasteiger partial charge < -0.3 is 23.7 Å². The van der Waals surface area contributed by atoms with E-state index in [9.17, 15) is 32.7 Å². The Morgan fingerprint density at radius 3 is 2.02 bits per heavy atom. The third-order valence-electron chi connectivity index (χ3n) is 8.28. The molecular formula is C33H51N3O11SSi. The van der Waals surface area contributed by atoms with E-state index in [2.05, 4.69) is 0 Å². The Morgan fingerprint density at radius 2 is 1.51 bits per heavy atom. The van der Waals surface area contributed by atoms with Gasteiger partial charge in [-0.25, -0.2) is 22.8 Å². The summed E-state index contributed by atoms with van der Waals surface area (Å²) < 4.78 is 54.2. The third-order valence-corrected chi connectivity index (χ3v) is 14.5. The summed E-state index contributed by atoms with van der Waals surface area (Å²) in [6.45, 7) is 18.4. The van der Waals surface area contributed by atoms with Gasteiger partial charge in [-0.15, -0.1) is 0 Å². The van der Waals surface area contributed by atoms with Crippen LogP contribution in [0.1, 0.15) is 74.1 Å². The number of hydrogen-bond donors (Lipinski definition) is 1. The standard InChI is InChI=1S/C33H51N3O11SSi/c1-31(2,3)45-29(40)35(19-22-15-13-12-14-16-22)48(42,43)21-23-24(20-37)44-27(26(23)47-49(10,11)33(7,8)9)34-18-17-25(38)36(28(34)39)30(41)46-32(4,5)6/h12-18,23-24,26-27,37H,19-21H2,1-11H3/t23-,24-,26-,27-/m1/s1. The summed E-state index contributed by atoms with van der Waals surface area (Å²) in [5, 5.41) is 10.1. The number of benzene rings is 1. The molecule has 49 heavy (non-hydrogen) atoms. The highest BCUT2D eigenvalue weighted by molar-refractivity contribution is 7.89. The molecule has 0 spiro atoms. The van der Waals surface area contributed by atoms with Crippen molar-refractivity contribution in [2.24, 2.45) is 5.92 Å². The molecule has 274 valence electrons. The molecule has 0 unspecified atom stereocenters. The Hall–Kier alpha value is -3.31. The minimum Gasteiger partial charge on any atom is -0.443 e. The second kappa shape index (κ2) is 14.5. The lowest BCUT2D eigenvalue weighted by atomic mass is 10.0. The van der Waals surface area contributed by atoms with Crippen LogP contribution in [0, 0.1) is 5.92 Å². The van der Waals surface area contributed by atoms with Crippen LogP contribution in [0.25, 0.3) is 0 Å². The maximum Gasteiger partial charge on any atom is 0.425 e. The van der Waals surface area contributed by atoms with Gasteiger partial charge in [0, 0.05) is 18.2 Å². The van der Waals surface area contributed by atoms with E-state index in [1.54, 1.807) is 71.9 Å². The largest absolute Gasteiger partial charge is 0.443 e. The molecule has 4 atom stereocenters. The van der Waals surface area contributed by atoms with Gasteiger partial charge in [0.05, 0.1) is 31.1 Å². The molecule has 1 saturated heterocycles. The first kappa shape index (κ1) is 40.1. The molecular weight excluding hydrogens is 675 g/mol. The molecule has 1 aromatic carbocycles. The van der Waals surface area contributed by atoms with Crippen molar-refractivity contribution in [2.75, 3.05) is 12.4 Å². The van der Waals surface area contributed by atoms with Crippen LogP contribution in [-0.2, 0) is 35.2 Å². The number of rotatable bonds is 9. The summed E-state index contributed by atoms with van der Waals surface area (Å²) in [4.78, 5) is 52.9. The first-order valence-corrected chi connectivity index (χ1v) is 20.6. The maximum absolute atomic E-state index is 14.3. The van der Waals surface area contributed by atoms with Crippen LogP contribution in [0.5, 0.6) is 0 Å². The number of carbonyl (C=O) groups excluding carboxylic acids is 2. The van der Waals surface area contributed by atoms with Gasteiger partial charge in [-0.05, 0) is 65.2 Å². The average molecular weight is 726 g/mol. The predicted octanol–water partition coefficient (Wildman–Crippen LogP) is 4.46. The molecule has 0 radical (unpaired) electrons. The lowest BCUT2D eigenvalue weighted by molar-refractivity contribution is -0.0516. The molecule has 2 aromatic rings. The Bertz CT molecular complexity index is 1720. The van der Waals surface area contributed by atoms with E-state index in [0.29, 0.717) is 14.4 Å². The van der Waals surface area contributed by atoms with Crippen LogP contribution >= 0.6 is 0 Å². The molecule has 1 amide bonds. The number of aliphatic hydroxyl groups is 1. The van der Waals surface area contributed by atoms with Gasteiger partial charge >= 0.3 is 17.9 Å². The highest BCUT2D eigenvalue weighted by atomic mass is 32.2. The van der Waals surface area contributed by atoms with Crippen molar-refractivity contribution in [2.45, 2.75) is 117 Å². The lowest BCUT2D eigenvalue weighted by Gasteiger charge is -2.41. The molecule has 0 saturated carbocycles. The highest BCUT2D eigenvalue weighted by Crippen LogP contribution is 2.44. The number of nitrogens with zero attached hydrogens (tertiary/aromatic N) is 3. The van der Waals surface area contributed by atoms with Gasteiger partial charge in [0.2, 0.25) is 10.0 Å². The smallest absolute Gasteiger partial charge is 0.425 e. The van der Waals surface area contributed by atoms with Crippen molar-refractivity contribution in [1.82, 2.24) is 13.4 Å². The molecule has 1 N–H and O–H groups in total. The normalized spacial score (nSPS) is 20.6. The molecule has 1 aliphatic rings. The zero-order chi connectivity index (χ0) is 37.3. The van der Waals surface area contributed by atoms with Crippen LogP contribution in [-0.4, -0.2) is 83.2 Å². The first-order chi connectivity index (χ1) is 22.3. The van der Waals surface area contributed by atoms with E-state index in [1.807, 2.05) is 33.9 Å². The van der Waals surface area contributed by atoms with Crippen molar-refractivity contribution in [3.05, 3.63) is 69.0 Å². The summed E-state index contributed by atoms with van der Waals surface area (Å²) in [5.41, 5.74) is -3.55. The number of amides is 1. The van der Waals surface area contributed by atoms with Crippen molar-refractivity contribution >= 4 is 30.5 Å². The number of carbonyl (C=O) groups is 2. The predicted molar refractivity (Wildman–Crippen MR) is 185 cm³/mol. The number of hydrogen-bond acceptors (Lipinski definition) is 11. The van der Waals surface area contributed by atoms with E-state index in [0.717, 1.165) is 16.8 Å². The second-order valence-electron chi connectivity index (χ2n) is 15.7. The van der Waals surface area contributed by atoms with E-state index < -0.39 is 94.7 Å². The molecule has 0 aliphatic carbocycles. The van der Waals surface area contributed by atoms with Crippen molar-refractivity contribution in [3.8, 4) is 0 Å². The number of aromatic nitrogens is 2. The van der Waals surface area contributed by atoms with E-state index in [1.165, 1.54) is 0 Å². The molecule has 3 rings (SSSR count). The van der Waals surface area contributed by atoms with Crippen LogP contribution in [0.2, 0.25) is 18.1 Å². The second-order valence-corrected chi connectivity index (χ2v) is 22.4. The lowest BCUT2D eigenvalue weighted by Crippen LogP contribution is -2.51. The molecule has 1 aliphatic heterocycles. The number of sulfonamides is 1. The Kier molecular flexibility index (Phi) is 11.9. The SMILES string of the molecule is CC(C)(C)OC(=O)N(Cc1ccccc1)S(=O)(=O)C[C@H]1[C@@H](O[Si](C)(C)C(C)(C)C)[C@H](n2ccc(=O)n(C(=O)OC(C)(C)C)c2=O)O[C@@H]1CO. The van der Waals surface area contributed by atoms with Gasteiger partial charge in [-0.3, -0.25) is 9.36 Å². The molecule has 0 bridgehead atoms. The quantitative estimate of drug-likeness (QED) is 0.362. The van der Waals surface area contributed by atoms with Crippen molar-refractivity contribution < 1.29 is 41.7 Å². The van der Waals surface area contributed by atoms with Gasteiger partial charge in [-0.2, -0.15) is 8.87 Å². The molecule has 16 heteroatoms. The minimum absolute atomic E-state index is 0.320. The van der Waals surface area contributed by atoms with Crippen LogP contribution in [0.3, 0.4) is 0 Å². The zero-order valence-corrected chi connectivity index (χ0v) is 32.1. The van der Waals surface area contributed by atoms with Crippen LogP contribution in [0.4, 0.5) is 9.59 Å². The van der Waals surface area contributed by atoms with Gasteiger partial charge in [0.1, 0.15) is 11.2 Å². The first-order valence-electron chi connectivity index (χ1n) is 16.1. The average Bonchev–Trinajstić information content (AvgIpc) is 3.24. The van der Waals surface area contributed by atoms with E-state index in [4.69, 9.17) is 18.6 Å². The summed E-state index contributed by atoms with van der Waals surface area (Å²) >= 11 is 0. The number of ether oxygens (including phenoxy) is 3. The van der Waals surface area contributed by atoms with E-state index >= 15 is 0 Å². The summed E-state index contributed by atoms with van der Waals surface area (Å²) in [5.74, 6) is -1.86. The maximum atomic E-state index is 14.3. The molecule has 14 nitrogen and oxygen atoms in total. The van der Waals surface area contributed by atoms with Gasteiger partial charge in [0.15, 0.2) is 14.5 Å². The Labute approximate surface area is 289 Å². The fourth-order valence-corrected chi connectivity index (χ4v) is 7.89. The summed E-state index contributed by atoms with van der Waals surface area (Å²) in [7, 11) is -7.30. The molecule has 2 heterocycles. The Balaban J connectivity index is 2.18. The van der Waals surface area contributed by atoms with Crippen LogP contribution in [0.15, 0.2) is 52.2 Å². The fraction of sp³-hybridized carbons (Fsp3) is 0.636. The molecule has 1 aromatic heterocycles. The monoisotopic (exact) mass is 725 g/mol. The molecule has 1 fully saturated rings. The zero-order valence-electron chi connectivity index (χ0n) is 30.3. The third kappa shape index (κ3) is 9.90. The summed E-state index contributed by atoms with van der Waals surface area (Å²) in [6, 6.07) is 9.52. The van der Waals surface area contributed by atoms with Crippen molar-refractivity contribution in [3.63, 3.8) is 0 Å². The number of aliphatic hydroxyl groups excluding tert-OH is 1. The minimum atomic E-state index is -4.52. The van der Waals surface area contributed by atoms with Gasteiger partial charge in [-0.1, -0.05) is 51.1 Å². The fourth-order valence-electron chi connectivity index (χ4n) is 4.88. The summed E-state index contributed by atoms with van der Waals surface area (Å²) in [6.07, 6.45) is -4.92. The van der Waals surface area contributed by atoms with E-state index in [-0.39, 0.29) is 6.54 Å². The van der Waals surface area contributed by atoms with Crippen LogP contribution < -0.4 is 11.2 Å². The van der Waals surface area contributed by atoms with Crippen molar-refractivity contribution in [1.29, 1.82) is 0 Å². The highest BCUT2D eigenvalue weighted by Gasteiger charge is 2.53. The topological polar surface area (TPSA) is 173 Å². The Morgan fingerprint density at radius 1 is 0.939 bits per heavy atom. The van der Waals surface area contributed by atoms with Gasteiger partial charge in [0.25, 0.3) is 5.56 Å².